The molecule has 0 bridgehead atoms. The number of rotatable bonds is 35. The van der Waals surface area contributed by atoms with Crippen LogP contribution in [0, 0.1) is 0 Å². The Morgan fingerprint density at radius 3 is 1.70 bits per heavy atom. The minimum absolute atomic E-state index is 0.0710. The summed E-state index contributed by atoms with van der Waals surface area (Å²) in [6.45, 7) is 3.95. The van der Waals surface area contributed by atoms with E-state index in [1.54, 1.807) is 6.08 Å². The molecule has 5 N–H and O–H groups in total. The lowest BCUT2D eigenvalue weighted by atomic mass is 10.1. The molecule has 0 radical (unpaired) electrons. The van der Waals surface area contributed by atoms with Gasteiger partial charge in [0.15, 0.2) is 0 Å². The van der Waals surface area contributed by atoms with Crippen molar-refractivity contribution in [1.82, 2.24) is 5.32 Å². The molecule has 8 nitrogen and oxygen atoms in total. The Morgan fingerprint density at radius 1 is 0.680 bits per heavy atom. The highest BCUT2D eigenvalue weighted by atomic mass is 31.2. The third kappa shape index (κ3) is 34.4. The smallest absolute Gasteiger partial charge is 0.387 e. The summed E-state index contributed by atoms with van der Waals surface area (Å²) >= 11 is 0. The highest BCUT2D eigenvalue weighted by Gasteiger charge is 2.26. The number of carbonyl (C=O) groups excluding carboxylic acids is 1. The van der Waals surface area contributed by atoms with Crippen LogP contribution in [0.4, 0.5) is 0 Å². The van der Waals surface area contributed by atoms with Crippen molar-refractivity contribution in [2.24, 2.45) is 5.73 Å². The Kier molecular flexibility index (Phi) is 35.2. The quantitative estimate of drug-likeness (QED) is 0.0291. The fraction of sp³-hybridized carbons (Fsp3) is 0.683. The lowest BCUT2D eigenvalue weighted by Crippen LogP contribution is -2.45. The molecule has 0 heterocycles. The zero-order chi connectivity index (χ0) is 36.8. The lowest BCUT2D eigenvalue weighted by Gasteiger charge is -2.23. The monoisotopic (exact) mass is 721 g/mol. The van der Waals surface area contributed by atoms with Crippen molar-refractivity contribution in [3.8, 4) is 0 Å². The minimum atomic E-state index is -4.34. The number of hydrogen-bond donors (Lipinski definition) is 4. The zero-order valence-corrected chi connectivity index (χ0v) is 32.5. The number of amides is 1. The highest BCUT2D eigenvalue weighted by Crippen LogP contribution is 2.43. The van der Waals surface area contributed by atoms with Crippen LogP contribution in [0.15, 0.2) is 72.9 Å². The number of phosphoric ester groups is 1. The van der Waals surface area contributed by atoms with Crippen molar-refractivity contribution in [2.75, 3.05) is 19.8 Å². The maximum Gasteiger partial charge on any atom is 0.472 e. The first-order valence-corrected chi connectivity index (χ1v) is 21.1. The van der Waals surface area contributed by atoms with Crippen molar-refractivity contribution in [2.45, 2.75) is 161 Å². The molecule has 0 rings (SSSR count). The van der Waals surface area contributed by atoms with Gasteiger partial charge in [-0.3, -0.25) is 13.8 Å². The van der Waals surface area contributed by atoms with Crippen molar-refractivity contribution < 1.29 is 28.4 Å². The molecule has 1 amide bonds. The molecule has 0 aliphatic carbocycles. The Balaban J connectivity index is 4.28. The third-order valence-electron chi connectivity index (χ3n) is 8.04. The number of nitrogens with one attached hydrogen (secondary N) is 1. The fourth-order valence-corrected chi connectivity index (χ4v) is 5.86. The van der Waals surface area contributed by atoms with Gasteiger partial charge in [-0.25, -0.2) is 4.57 Å². The van der Waals surface area contributed by atoms with Crippen molar-refractivity contribution in [3.05, 3.63) is 72.9 Å². The maximum atomic E-state index is 12.7. The molecular weight excluding hydrogens is 647 g/mol. The Bertz CT molecular complexity index is 1010. The molecule has 9 heteroatoms. The second-order valence-corrected chi connectivity index (χ2v) is 14.2. The predicted octanol–water partition coefficient (Wildman–Crippen LogP) is 10.5. The normalized spacial score (nSPS) is 15.1. The Labute approximate surface area is 306 Å². The van der Waals surface area contributed by atoms with Gasteiger partial charge in [-0.15, -0.1) is 0 Å². The van der Waals surface area contributed by atoms with Gasteiger partial charge in [0, 0.05) is 13.0 Å². The van der Waals surface area contributed by atoms with Gasteiger partial charge in [-0.2, -0.15) is 0 Å². The average molecular weight is 721 g/mol. The predicted molar refractivity (Wildman–Crippen MR) is 212 cm³/mol. The topological polar surface area (TPSA) is 131 Å². The molecule has 0 saturated heterocycles. The van der Waals surface area contributed by atoms with E-state index in [-0.39, 0.29) is 25.7 Å². The molecular formula is C41H73N2O6P. The van der Waals surface area contributed by atoms with E-state index < -0.39 is 20.0 Å². The van der Waals surface area contributed by atoms with E-state index >= 15 is 0 Å². The summed E-state index contributed by atoms with van der Waals surface area (Å²) in [5, 5.41) is 13.6. The van der Waals surface area contributed by atoms with E-state index in [0.29, 0.717) is 6.42 Å². The Hall–Kier alpha value is -2.06. The van der Waals surface area contributed by atoms with Crippen LogP contribution in [-0.4, -0.2) is 47.8 Å². The summed E-state index contributed by atoms with van der Waals surface area (Å²) in [5.74, 6) is -0.219. The molecule has 0 aliphatic rings. The molecule has 0 saturated carbocycles. The second-order valence-electron chi connectivity index (χ2n) is 12.8. The molecule has 50 heavy (non-hydrogen) atoms. The van der Waals surface area contributed by atoms with Gasteiger partial charge in [0.25, 0.3) is 0 Å². The first-order valence-electron chi connectivity index (χ1n) is 19.6. The average Bonchev–Trinajstić information content (AvgIpc) is 3.10. The highest BCUT2D eigenvalue weighted by molar-refractivity contribution is 7.47. The van der Waals surface area contributed by atoms with Crippen molar-refractivity contribution in [1.29, 1.82) is 0 Å². The second kappa shape index (κ2) is 36.7. The van der Waals surface area contributed by atoms with E-state index in [1.807, 2.05) is 6.08 Å². The van der Waals surface area contributed by atoms with Gasteiger partial charge in [-0.1, -0.05) is 151 Å². The van der Waals surface area contributed by atoms with Crippen LogP contribution in [0.2, 0.25) is 0 Å². The fourth-order valence-electron chi connectivity index (χ4n) is 5.10. The summed E-state index contributed by atoms with van der Waals surface area (Å²) in [6.07, 6.45) is 46.6. The third-order valence-corrected chi connectivity index (χ3v) is 9.02. The summed E-state index contributed by atoms with van der Waals surface area (Å²) in [4.78, 5) is 22.6. The van der Waals surface area contributed by atoms with Gasteiger partial charge in [-0.05, 0) is 64.2 Å². The lowest BCUT2D eigenvalue weighted by molar-refractivity contribution is -0.123. The van der Waals surface area contributed by atoms with Gasteiger partial charge in [0.2, 0.25) is 5.91 Å². The van der Waals surface area contributed by atoms with Gasteiger partial charge >= 0.3 is 7.82 Å². The van der Waals surface area contributed by atoms with E-state index in [1.165, 1.54) is 38.5 Å². The molecule has 288 valence electrons. The Morgan fingerprint density at radius 2 is 1.16 bits per heavy atom. The van der Waals surface area contributed by atoms with Crippen LogP contribution < -0.4 is 11.1 Å². The first-order chi connectivity index (χ1) is 24.4. The molecule has 0 aromatic heterocycles. The summed E-state index contributed by atoms with van der Waals surface area (Å²) < 4.78 is 22.0. The minimum Gasteiger partial charge on any atom is -0.387 e. The van der Waals surface area contributed by atoms with Crippen molar-refractivity contribution >= 4 is 13.7 Å². The van der Waals surface area contributed by atoms with Crippen LogP contribution in [0.3, 0.4) is 0 Å². The molecule has 0 aromatic carbocycles. The molecule has 3 atom stereocenters. The van der Waals surface area contributed by atoms with E-state index in [4.69, 9.17) is 14.8 Å². The van der Waals surface area contributed by atoms with Gasteiger partial charge < -0.3 is 21.1 Å². The van der Waals surface area contributed by atoms with E-state index in [9.17, 15) is 19.4 Å². The number of carbonyl (C=O) groups is 1. The van der Waals surface area contributed by atoms with E-state index in [0.717, 1.165) is 89.9 Å². The van der Waals surface area contributed by atoms with Gasteiger partial charge in [0.1, 0.15) is 0 Å². The van der Waals surface area contributed by atoms with Crippen LogP contribution in [0.5, 0.6) is 0 Å². The number of allylic oxidation sites excluding steroid dienone is 11. The van der Waals surface area contributed by atoms with Crippen molar-refractivity contribution in [3.63, 3.8) is 0 Å². The number of aliphatic hydroxyl groups excluding tert-OH is 1. The number of unbranched alkanes of at least 4 members (excludes halogenated alkanes) is 13. The number of hydrogen-bond acceptors (Lipinski definition) is 6. The number of aliphatic hydroxyl groups is 1. The standard InChI is InChI=1S/C41H73N2O6P/c1-3-5-7-9-11-13-15-16-17-18-19-20-21-22-23-24-25-27-29-31-33-35-41(45)43-39(38-49-50(46,47)48-37-36-42)40(44)34-32-30-28-26-14-12-10-8-6-4-2/h5,7,11,13,16-17,19-20,22-23,32,34,39-40,44H,3-4,6,8-10,12,14-15,18,21,24-31,33,35-38,42H2,1-2H3,(H,43,45)(H,46,47)/b7-5-,13-11-,17-16-,20-19-,23-22-,34-32+. The van der Waals surface area contributed by atoms with Gasteiger partial charge in [0.05, 0.1) is 25.4 Å². The number of phosphoric acid groups is 1. The maximum absolute atomic E-state index is 12.7. The van der Waals surface area contributed by atoms with Crippen LogP contribution >= 0.6 is 7.82 Å². The summed E-state index contributed by atoms with van der Waals surface area (Å²) in [7, 11) is -4.34. The van der Waals surface area contributed by atoms with E-state index in [2.05, 4.69) is 79.9 Å². The zero-order valence-electron chi connectivity index (χ0n) is 31.6. The van der Waals surface area contributed by atoms with Crippen LogP contribution in [0.1, 0.15) is 149 Å². The molecule has 0 aliphatic heterocycles. The molecule has 0 spiro atoms. The molecule has 0 aromatic rings. The largest absolute Gasteiger partial charge is 0.472 e. The summed E-state index contributed by atoms with van der Waals surface area (Å²) in [6, 6.07) is -0.872. The SMILES string of the molecule is CC/C=C\C/C=C\C/C=C\C/C=C\C/C=C\CCCCCCCC(=O)NC(COP(=O)(O)OCCN)C(O)/C=C/CCCCCCCCCC. The van der Waals surface area contributed by atoms with Crippen LogP contribution in [-0.2, 0) is 18.4 Å². The summed E-state index contributed by atoms with van der Waals surface area (Å²) in [5.41, 5.74) is 5.35. The molecule has 0 fully saturated rings. The number of nitrogens with two attached hydrogens (primary N) is 1. The van der Waals surface area contributed by atoms with Crippen LogP contribution in [0.25, 0.3) is 0 Å². The molecule has 3 unspecified atom stereocenters. The first kappa shape index (κ1) is 47.9.